The summed E-state index contributed by atoms with van der Waals surface area (Å²) < 4.78 is 0. The number of hydrogen-bond donors (Lipinski definition) is 2. The standard InChI is InChI=1S/C15H17NOS/c16-10-15(14(17)13-6-3-9-18-13)8-7-11-4-1-2-5-12(11)15/h1-6,9,14,17H,7-8,10,16H2. The molecule has 0 amide bonds. The van der Waals surface area contributed by atoms with Crippen LogP contribution in [-0.2, 0) is 11.8 Å². The van der Waals surface area contributed by atoms with Crippen molar-refractivity contribution in [2.24, 2.45) is 5.73 Å². The van der Waals surface area contributed by atoms with Gasteiger partial charge in [-0.05, 0) is 35.4 Å². The van der Waals surface area contributed by atoms with Gasteiger partial charge in [0, 0.05) is 16.8 Å². The van der Waals surface area contributed by atoms with Gasteiger partial charge in [-0.2, -0.15) is 0 Å². The summed E-state index contributed by atoms with van der Waals surface area (Å²) in [6, 6.07) is 12.3. The Balaban J connectivity index is 2.07. The van der Waals surface area contributed by atoms with Gasteiger partial charge in [-0.15, -0.1) is 11.3 Å². The Morgan fingerprint density at radius 3 is 2.83 bits per heavy atom. The predicted octanol–water partition coefficient (Wildman–Crippen LogP) is 2.62. The van der Waals surface area contributed by atoms with Crippen molar-refractivity contribution in [1.29, 1.82) is 0 Å². The van der Waals surface area contributed by atoms with Gasteiger partial charge in [-0.1, -0.05) is 30.3 Å². The van der Waals surface area contributed by atoms with Gasteiger partial charge in [0.25, 0.3) is 0 Å². The van der Waals surface area contributed by atoms with Crippen molar-refractivity contribution < 1.29 is 5.11 Å². The summed E-state index contributed by atoms with van der Waals surface area (Å²) in [5, 5.41) is 12.7. The number of aryl methyl sites for hydroxylation is 1. The maximum Gasteiger partial charge on any atom is 0.0990 e. The monoisotopic (exact) mass is 259 g/mol. The molecular formula is C15H17NOS. The van der Waals surface area contributed by atoms with Gasteiger partial charge in [0.15, 0.2) is 0 Å². The van der Waals surface area contributed by atoms with E-state index in [4.69, 9.17) is 5.73 Å². The van der Waals surface area contributed by atoms with E-state index in [0.29, 0.717) is 6.54 Å². The molecule has 0 fully saturated rings. The van der Waals surface area contributed by atoms with Crippen LogP contribution in [0.3, 0.4) is 0 Å². The summed E-state index contributed by atoms with van der Waals surface area (Å²) in [5.74, 6) is 0. The van der Waals surface area contributed by atoms with Gasteiger partial charge in [-0.3, -0.25) is 0 Å². The second-order valence-electron chi connectivity index (χ2n) is 4.94. The van der Waals surface area contributed by atoms with Gasteiger partial charge in [0.05, 0.1) is 6.10 Å². The lowest BCUT2D eigenvalue weighted by Gasteiger charge is -2.33. The molecule has 2 unspecified atom stereocenters. The maximum absolute atomic E-state index is 10.7. The zero-order chi connectivity index (χ0) is 12.6. The molecule has 0 radical (unpaired) electrons. The highest BCUT2D eigenvalue weighted by Gasteiger charge is 2.44. The van der Waals surface area contributed by atoms with Crippen molar-refractivity contribution in [1.82, 2.24) is 0 Å². The molecule has 1 aromatic heterocycles. The van der Waals surface area contributed by atoms with Crippen molar-refractivity contribution >= 4 is 11.3 Å². The van der Waals surface area contributed by atoms with Gasteiger partial charge in [0.2, 0.25) is 0 Å². The molecular weight excluding hydrogens is 242 g/mol. The molecule has 1 aliphatic rings. The Kier molecular flexibility index (Phi) is 2.98. The van der Waals surface area contributed by atoms with Crippen LogP contribution >= 0.6 is 11.3 Å². The van der Waals surface area contributed by atoms with Crippen molar-refractivity contribution in [3.8, 4) is 0 Å². The molecule has 3 rings (SSSR count). The topological polar surface area (TPSA) is 46.2 Å². The Morgan fingerprint density at radius 2 is 2.11 bits per heavy atom. The summed E-state index contributed by atoms with van der Waals surface area (Å²) in [6.07, 6.45) is 1.45. The third-order valence-corrected chi connectivity index (χ3v) is 5.02. The average Bonchev–Trinajstić information content (AvgIpc) is 3.06. The van der Waals surface area contributed by atoms with Gasteiger partial charge < -0.3 is 10.8 Å². The number of nitrogens with two attached hydrogens (primary N) is 1. The number of hydrogen-bond acceptors (Lipinski definition) is 3. The normalized spacial score (nSPS) is 23.9. The molecule has 94 valence electrons. The first kappa shape index (κ1) is 11.9. The summed E-state index contributed by atoms with van der Waals surface area (Å²) in [6.45, 7) is 0.489. The number of benzene rings is 1. The molecule has 1 heterocycles. The van der Waals surface area contributed by atoms with Crippen LogP contribution in [0.4, 0.5) is 0 Å². The molecule has 3 N–H and O–H groups in total. The molecule has 0 spiro atoms. The number of aliphatic hydroxyl groups is 1. The first-order valence-corrected chi connectivity index (χ1v) is 7.16. The molecule has 18 heavy (non-hydrogen) atoms. The van der Waals surface area contributed by atoms with Crippen LogP contribution in [-0.4, -0.2) is 11.7 Å². The molecule has 2 nitrogen and oxygen atoms in total. The van der Waals surface area contributed by atoms with E-state index >= 15 is 0 Å². The predicted molar refractivity (Wildman–Crippen MR) is 74.8 cm³/mol. The highest BCUT2D eigenvalue weighted by molar-refractivity contribution is 7.10. The third kappa shape index (κ3) is 1.62. The number of fused-ring (bicyclic) bond motifs is 1. The van der Waals surface area contributed by atoms with Crippen LogP contribution < -0.4 is 5.73 Å². The summed E-state index contributed by atoms with van der Waals surface area (Å²) in [4.78, 5) is 1.01. The van der Waals surface area contributed by atoms with Crippen molar-refractivity contribution in [3.05, 3.63) is 57.8 Å². The van der Waals surface area contributed by atoms with Gasteiger partial charge in [-0.25, -0.2) is 0 Å². The number of rotatable bonds is 3. The van der Waals surface area contributed by atoms with E-state index in [1.165, 1.54) is 11.1 Å². The smallest absolute Gasteiger partial charge is 0.0990 e. The fraction of sp³-hybridized carbons (Fsp3) is 0.333. The molecule has 0 saturated carbocycles. The molecule has 0 bridgehead atoms. The zero-order valence-corrected chi connectivity index (χ0v) is 11.0. The first-order valence-electron chi connectivity index (χ1n) is 6.28. The second-order valence-corrected chi connectivity index (χ2v) is 5.91. The summed E-state index contributed by atoms with van der Waals surface area (Å²) in [5.41, 5.74) is 8.29. The van der Waals surface area contributed by atoms with Crippen LogP contribution in [0.25, 0.3) is 0 Å². The quantitative estimate of drug-likeness (QED) is 0.890. The highest BCUT2D eigenvalue weighted by atomic mass is 32.1. The maximum atomic E-state index is 10.7. The fourth-order valence-electron chi connectivity index (χ4n) is 3.04. The van der Waals surface area contributed by atoms with E-state index in [1.807, 2.05) is 23.6 Å². The van der Waals surface area contributed by atoms with E-state index in [0.717, 1.165) is 17.7 Å². The molecule has 1 aliphatic carbocycles. The van der Waals surface area contributed by atoms with Gasteiger partial charge in [0.1, 0.15) is 0 Å². The Morgan fingerprint density at radius 1 is 1.28 bits per heavy atom. The summed E-state index contributed by atoms with van der Waals surface area (Å²) >= 11 is 1.60. The van der Waals surface area contributed by atoms with Crippen LogP contribution in [0.5, 0.6) is 0 Å². The lowest BCUT2D eigenvalue weighted by atomic mass is 9.76. The van der Waals surface area contributed by atoms with Crippen molar-refractivity contribution in [2.75, 3.05) is 6.54 Å². The van der Waals surface area contributed by atoms with Crippen LogP contribution in [0.1, 0.15) is 28.5 Å². The summed E-state index contributed by atoms with van der Waals surface area (Å²) in [7, 11) is 0. The lowest BCUT2D eigenvalue weighted by molar-refractivity contribution is 0.0873. The molecule has 2 aromatic rings. The lowest BCUT2D eigenvalue weighted by Crippen LogP contribution is -2.38. The third-order valence-electron chi connectivity index (χ3n) is 4.09. The molecule has 1 aromatic carbocycles. The minimum atomic E-state index is -0.494. The van der Waals surface area contributed by atoms with Crippen molar-refractivity contribution in [3.63, 3.8) is 0 Å². The van der Waals surface area contributed by atoms with E-state index < -0.39 is 6.10 Å². The van der Waals surface area contributed by atoms with Crippen molar-refractivity contribution in [2.45, 2.75) is 24.4 Å². The van der Waals surface area contributed by atoms with Crippen LogP contribution in [0.15, 0.2) is 41.8 Å². The Labute approximate surface area is 111 Å². The van der Waals surface area contributed by atoms with Gasteiger partial charge >= 0.3 is 0 Å². The Hall–Kier alpha value is -1.16. The van der Waals surface area contributed by atoms with E-state index in [1.54, 1.807) is 11.3 Å². The minimum Gasteiger partial charge on any atom is -0.387 e. The van der Waals surface area contributed by atoms with E-state index in [-0.39, 0.29) is 5.41 Å². The largest absolute Gasteiger partial charge is 0.387 e. The molecule has 3 heteroatoms. The van der Waals surface area contributed by atoms with Crippen LogP contribution in [0.2, 0.25) is 0 Å². The number of aliphatic hydroxyl groups excluding tert-OH is 1. The SMILES string of the molecule is NCC1(C(O)c2cccs2)CCc2ccccc21. The van der Waals surface area contributed by atoms with Crippen LogP contribution in [0, 0.1) is 0 Å². The Bertz CT molecular complexity index is 537. The molecule has 2 atom stereocenters. The minimum absolute atomic E-state index is 0.304. The second kappa shape index (κ2) is 4.50. The molecule has 0 saturated heterocycles. The average molecular weight is 259 g/mol. The van der Waals surface area contributed by atoms with E-state index in [2.05, 4.69) is 18.2 Å². The first-order chi connectivity index (χ1) is 8.78. The molecule has 0 aliphatic heterocycles. The zero-order valence-electron chi connectivity index (χ0n) is 10.2. The fourth-order valence-corrected chi connectivity index (χ4v) is 3.87. The number of thiophene rings is 1. The van der Waals surface area contributed by atoms with E-state index in [9.17, 15) is 5.11 Å². The highest BCUT2D eigenvalue weighted by Crippen LogP contribution is 2.47.